The molecule has 0 N–H and O–H groups in total. The molecule has 0 radical (unpaired) electrons. The van der Waals surface area contributed by atoms with Crippen LogP contribution in [0, 0.1) is 0 Å². The molecular weight excluding hydrogens is 164 g/mol. The van der Waals surface area contributed by atoms with Crippen LogP contribution in [-0.2, 0) is 9.47 Å². The van der Waals surface area contributed by atoms with E-state index in [0.29, 0.717) is 6.10 Å². The Balaban J connectivity index is 3.81. The molecule has 0 heterocycles. The van der Waals surface area contributed by atoms with E-state index < -0.39 is 0 Å². The van der Waals surface area contributed by atoms with Crippen molar-refractivity contribution in [2.75, 3.05) is 6.61 Å². The first kappa shape index (κ1) is 12.9. The minimum Gasteiger partial charge on any atom is -0.376 e. The highest BCUT2D eigenvalue weighted by Crippen LogP contribution is 2.18. The Labute approximate surface area is 82.6 Å². The molecule has 0 rings (SSSR count). The number of hydrogen-bond donors (Lipinski definition) is 0. The van der Waals surface area contributed by atoms with Crippen molar-refractivity contribution in [2.45, 2.75) is 65.8 Å². The maximum Gasteiger partial charge on any atom is 0.0650 e. The molecule has 0 bridgehead atoms. The fourth-order valence-electron chi connectivity index (χ4n) is 1.65. The van der Waals surface area contributed by atoms with Gasteiger partial charge < -0.3 is 9.47 Å². The molecule has 1 unspecified atom stereocenters. The summed E-state index contributed by atoms with van der Waals surface area (Å²) in [6.45, 7) is 13.2. The molecule has 1 atom stereocenters. The molecule has 2 heteroatoms. The summed E-state index contributed by atoms with van der Waals surface area (Å²) in [6, 6.07) is 0. The zero-order valence-electron chi connectivity index (χ0n) is 9.89. The first-order valence-corrected chi connectivity index (χ1v) is 5.17. The Hall–Kier alpha value is -0.0800. The number of hydrogen-bond acceptors (Lipinski definition) is 2. The quantitative estimate of drug-likeness (QED) is 0.638. The second-order valence-corrected chi connectivity index (χ2v) is 4.39. The van der Waals surface area contributed by atoms with Gasteiger partial charge in [0.1, 0.15) is 0 Å². The lowest BCUT2D eigenvalue weighted by Crippen LogP contribution is -2.31. The van der Waals surface area contributed by atoms with Crippen LogP contribution in [0.3, 0.4) is 0 Å². The van der Waals surface area contributed by atoms with Gasteiger partial charge in [-0.15, -0.1) is 0 Å². The molecule has 0 aromatic heterocycles. The van der Waals surface area contributed by atoms with Gasteiger partial charge in [0.2, 0.25) is 0 Å². The lowest BCUT2D eigenvalue weighted by atomic mass is 10.0. The molecule has 0 saturated carbocycles. The monoisotopic (exact) mass is 188 g/mol. The van der Waals surface area contributed by atoms with Crippen LogP contribution in [0.4, 0.5) is 0 Å². The molecule has 13 heavy (non-hydrogen) atoms. The van der Waals surface area contributed by atoms with Crippen LogP contribution in [-0.4, -0.2) is 24.4 Å². The fraction of sp³-hybridized carbons (Fsp3) is 1.00. The first-order valence-electron chi connectivity index (χ1n) is 5.17. The van der Waals surface area contributed by atoms with E-state index >= 15 is 0 Å². The maximum absolute atomic E-state index is 5.65. The summed E-state index contributed by atoms with van der Waals surface area (Å²) >= 11 is 0. The Morgan fingerprint density at radius 2 is 1.69 bits per heavy atom. The third-order valence-electron chi connectivity index (χ3n) is 1.82. The van der Waals surface area contributed by atoms with Gasteiger partial charge in [-0.3, -0.25) is 0 Å². The van der Waals surface area contributed by atoms with Gasteiger partial charge in [-0.1, -0.05) is 0 Å². The highest BCUT2D eigenvalue weighted by atomic mass is 16.5. The van der Waals surface area contributed by atoms with Crippen molar-refractivity contribution in [3.63, 3.8) is 0 Å². The Bertz CT molecular complexity index is 130. The molecule has 0 spiro atoms. The van der Waals surface area contributed by atoms with Gasteiger partial charge in [0.05, 0.1) is 17.8 Å². The fourth-order valence-corrected chi connectivity index (χ4v) is 1.65. The Kier molecular flexibility index (Phi) is 5.57. The summed E-state index contributed by atoms with van der Waals surface area (Å²) in [5.41, 5.74) is -0.0664. The maximum atomic E-state index is 5.65. The van der Waals surface area contributed by atoms with Gasteiger partial charge in [0, 0.05) is 13.0 Å². The average Bonchev–Trinajstić information content (AvgIpc) is 1.81. The Morgan fingerprint density at radius 3 is 2.08 bits per heavy atom. The van der Waals surface area contributed by atoms with E-state index in [4.69, 9.17) is 9.47 Å². The van der Waals surface area contributed by atoms with Crippen molar-refractivity contribution in [1.82, 2.24) is 0 Å². The number of ether oxygens (including phenoxy) is 2. The van der Waals surface area contributed by atoms with E-state index in [1.807, 2.05) is 6.92 Å². The van der Waals surface area contributed by atoms with Crippen molar-refractivity contribution >= 4 is 0 Å². The molecule has 0 aromatic carbocycles. The third-order valence-corrected chi connectivity index (χ3v) is 1.82. The van der Waals surface area contributed by atoms with Gasteiger partial charge in [-0.05, 0) is 41.5 Å². The molecule has 0 amide bonds. The summed E-state index contributed by atoms with van der Waals surface area (Å²) in [6.07, 6.45) is 1.51. The molecule has 0 fully saturated rings. The molecule has 80 valence electrons. The average molecular weight is 188 g/mol. The molecule has 0 aromatic rings. The highest BCUT2D eigenvalue weighted by Gasteiger charge is 2.21. The second kappa shape index (κ2) is 5.61. The zero-order chi connectivity index (χ0) is 10.5. The van der Waals surface area contributed by atoms with Gasteiger partial charge in [0.25, 0.3) is 0 Å². The standard InChI is InChI=1S/C11H24O2/c1-7-12-11(5,6)8-10(4)13-9(2)3/h9-10H,7-8H2,1-6H3. The van der Waals surface area contributed by atoms with E-state index in [-0.39, 0.29) is 11.7 Å². The summed E-state index contributed by atoms with van der Waals surface area (Å²) in [5, 5.41) is 0. The summed E-state index contributed by atoms with van der Waals surface area (Å²) in [5.74, 6) is 0. The second-order valence-electron chi connectivity index (χ2n) is 4.39. The van der Waals surface area contributed by atoms with E-state index in [0.717, 1.165) is 13.0 Å². The molecule has 2 nitrogen and oxygen atoms in total. The van der Waals surface area contributed by atoms with Crippen molar-refractivity contribution < 1.29 is 9.47 Å². The summed E-state index contributed by atoms with van der Waals surface area (Å²) in [7, 11) is 0. The van der Waals surface area contributed by atoms with Crippen molar-refractivity contribution in [3.8, 4) is 0 Å². The van der Waals surface area contributed by atoms with Crippen LogP contribution >= 0.6 is 0 Å². The van der Waals surface area contributed by atoms with Crippen LogP contribution in [0.5, 0.6) is 0 Å². The lowest BCUT2D eigenvalue weighted by Gasteiger charge is -2.28. The van der Waals surface area contributed by atoms with Crippen LogP contribution in [0.15, 0.2) is 0 Å². The van der Waals surface area contributed by atoms with Gasteiger partial charge >= 0.3 is 0 Å². The van der Waals surface area contributed by atoms with Gasteiger partial charge in [-0.25, -0.2) is 0 Å². The minimum absolute atomic E-state index is 0.0664. The topological polar surface area (TPSA) is 18.5 Å². The van der Waals surface area contributed by atoms with Crippen LogP contribution in [0.25, 0.3) is 0 Å². The molecular formula is C11H24O2. The predicted molar refractivity (Wildman–Crippen MR) is 56.0 cm³/mol. The smallest absolute Gasteiger partial charge is 0.0650 e. The molecule has 0 aliphatic heterocycles. The molecule has 0 aliphatic carbocycles. The van der Waals surface area contributed by atoms with E-state index in [9.17, 15) is 0 Å². The van der Waals surface area contributed by atoms with Crippen LogP contribution < -0.4 is 0 Å². The van der Waals surface area contributed by atoms with Crippen molar-refractivity contribution in [2.24, 2.45) is 0 Å². The van der Waals surface area contributed by atoms with Crippen LogP contribution in [0.2, 0.25) is 0 Å². The number of rotatable bonds is 6. The van der Waals surface area contributed by atoms with E-state index in [1.54, 1.807) is 0 Å². The predicted octanol–water partition coefficient (Wildman–Crippen LogP) is 3.01. The van der Waals surface area contributed by atoms with Crippen molar-refractivity contribution in [1.29, 1.82) is 0 Å². The Morgan fingerprint density at radius 1 is 1.15 bits per heavy atom. The van der Waals surface area contributed by atoms with Gasteiger partial charge in [-0.2, -0.15) is 0 Å². The van der Waals surface area contributed by atoms with E-state index in [1.165, 1.54) is 0 Å². The lowest BCUT2D eigenvalue weighted by molar-refractivity contribution is -0.0691. The summed E-state index contributed by atoms with van der Waals surface area (Å²) < 4.78 is 11.3. The largest absolute Gasteiger partial charge is 0.376 e. The highest BCUT2D eigenvalue weighted by molar-refractivity contribution is 4.72. The van der Waals surface area contributed by atoms with Gasteiger partial charge in [0.15, 0.2) is 0 Å². The third kappa shape index (κ3) is 7.03. The SMILES string of the molecule is CCOC(C)(C)CC(C)OC(C)C. The van der Waals surface area contributed by atoms with E-state index in [2.05, 4.69) is 34.6 Å². The minimum atomic E-state index is -0.0664. The molecule has 0 saturated heterocycles. The van der Waals surface area contributed by atoms with Crippen molar-refractivity contribution in [3.05, 3.63) is 0 Å². The first-order chi connectivity index (χ1) is 5.87. The molecule has 0 aliphatic rings. The summed E-state index contributed by atoms with van der Waals surface area (Å²) in [4.78, 5) is 0. The zero-order valence-corrected chi connectivity index (χ0v) is 9.89. The normalized spacial score (nSPS) is 15.0. The van der Waals surface area contributed by atoms with Crippen LogP contribution in [0.1, 0.15) is 48.0 Å².